The van der Waals surface area contributed by atoms with Gasteiger partial charge in [-0.2, -0.15) is 5.11 Å². The summed E-state index contributed by atoms with van der Waals surface area (Å²) in [6.45, 7) is -0.208. The third kappa shape index (κ3) is 3.70. The molecule has 0 saturated carbocycles. The van der Waals surface area contributed by atoms with Crippen molar-refractivity contribution in [2.75, 3.05) is 12.0 Å². The number of carbonyl (C=O) groups is 1. The van der Waals surface area contributed by atoms with Crippen LogP contribution in [0.5, 0.6) is 0 Å². The van der Waals surface area contributed by atoms with E-state index in [0.717, 1.165) is 0 Å². The maximum Gasteiger partial charge on any atom is 0.269 e. The number of hydrogen-bond donors (Lipinski definition) is 2. The Morgan fingerprint density at radius 1 is 1.44 bits per heavy atom. The summed E-state index contributed by atoms with van der Waals surface area (Å²) in [6, 6.07) is 5.60. The van der Waals surface area contributed by atoms with Crippen LogP contribution < -0.4 is 11.2 Å². The van der Waals surface area contributed by atoms with Gasteiger partial charge in [0.25, 0.3) is 5.69 Å². The number of carbonyl (C=O) groups excluding carboxylic acids is 1. The molecular weight excluding hydrogens is 214 g/mol. The van der Waals surface area contributed by atoms with Gasteiger partial charge in [-0.15, -0.1) is 0 Å². The van der Waals surface area contributed by atoms with Crippen LogP contribution in [0.4, 0.5) is 11.4 Å². The topological polar surface area (TPSA) is 123 Å². The maximum absolute atomic E-state index is 10.3. The third-order valence-corrected chi connectivity index (χ3v) is 1.55. The number of hydrogen-bond acceptors (Lipinski definition) is 5. The summed E-state index contributed by atoms with van der Waals surface area (Å²) >= 11 is 0. The van der Waals surface area contributed by atoms with Crippen LogP contribution >= 0.6 is 0 Å². The lowest BCUT2D eigenvalue weighted by Crippen LogP contribution is -2.13. The van der Waals surface area contributed by atoms with Crippen molar-refractivity contribution in [3.05, 3.63) is 34.4 Å². The largest absolute Gasteiger partial charge is 0.368 e. The van der Waals surface area contributed by atoms with Gasteiger partial charge in [-0.25, -0.2) is 0 Å². The van der Waals surface area contributed by atoms with Crippen LogP contribution in [0.15, 0.2) is 34.6 Å². The lowest BCUT2D eigenvalue weighted by molar-refractivity contribution is -0.384. The second kappa shape index (κ2) is 5.39. The molecule has 8 nitrogen and oxygen atoms in total. The Balaban J connectivity index is 2.52. The van der Waals surface area contributed by atoms with Crippen LogP contribution in [-0.2, 0) is 4.79 Å². The van der Waals surface area contributed by atoms with E-state index in [4.69, 9.17) is 5.73 Å². The van der Waals surface area contributed by atoms with Crippen LogP contribution in [0.3, 0.4) is 0 Å². The predicted octanol–water partition coefficient (Wildman–Crippen LogP) is 0.859. The lowest BCUT2D eigenvalue weighted by Gasteiger charge is -1.97. The fraction of sp³-hybridized carbons (Fsp3) is 0.125. The minimum absolute atomic E-state index is 0.0142. The van der Waals surface area contributed by atoms with Gasteiger partial charge in [-0.05, 0) is 12.1 Å². The minimum Gasteiger partial charge on any atom is -0.368 e. The number of nitrogens with zero attached hydrogens (tertiary/aromatic N) is 3. The van der Waals surface area contributed by atoms with Crippen molar-refractivity contribution < 1.29 is 9.72 Å². The number of primary amides is 1. The SMILES string of the molecule is NC(=O)CN=NNc1ccc([N+](=O)[O-])cc1. The fourth-order valence-corrected chi connectivity index (χ4v) is 0.856. The van der Waals surface area contributed by atoms with Gasteiger partial charge in [0.1, 0.15) is 6.54 Å². The van der Waals surface area contributed by atoms with Crippen LogP contribution in [0.1, 0.15) is 0 Å². The Bertz CT molecular complexity index is 414. The van der Waals surface area contributed by atoms with Crippen molar-refractivity contribution in [3.8, 4) is 0 Å². The Hall–Kier alpha value is -2.51. The average Bonchev–Trinajstić information content (AvgIpc) is 2.25. The van der Waals surface area contributed by atoms with Crippen molar-refractivity contribution in [2.24, 2.45) is 16.1 Å². The van der Waals surface area contributed by atoms with Crippen LogP contribution in [0.2, 0.25) is 0 Å². The van der Waals surface area contributed by atoms with E-state index in [2.05, 4.69) is 15.8 Å². The molecule has 1 aromatic rings. The van der Waals surface area contributed by atoms with E-state index in [1.165, 1.54) is 24.3 Å². The number of nitro groups is 1. The average molecular weight is 223 g/mol. The fourth-order valence-electron chi connectivity index (χ4n) is 0.856. The molecule has 0 aromatic heterocycles. The van der Waals surface area contributed by atoms with Crippen molar-refractivity contribution in [3.63, 3.8) is 0 Å². The second-order valence-corrected chi connectivity index (χ2v) is 2.78. The van der Waals surface area contributed by atoms with Gasteiger partial charge in [0, 0.05) is 12.1 Å². The molecule has 8 heteroatoms. The summed E-state index contributed by atoms with van der Waals surface area (Å²) in [5.41, 5.74) is 7.84. The molecule has 0 atom stereocenters. The summed E-state index contributed by atoms with van der Waals surface area (Å²) in [7, 11) is 0. The molecule has 3 N–H and O–H groups in total. The summed E-state index contributed by atoms with van der Waals surface area (Å²) in [5, 5.41) is 17.2. The van der Waals surface area contributed by atoms with Crippen LogP contribution in [0, 0.1) is 10.1 Å². The number of amides is 1. The first-order valence-corrected chi connectivity index (χ1v) is 4.25. The smallest absolute Gasteiger partial charge is 0.269 e. The molecule has 0 aliphatic carbocycles. The standard InChI is InChI=1S/C8H9N5O3/c9-8(14)5-10-12-11-6-1-3-7(4-2-6)13(15)16/h1-4H,5H2,(H2,9,14)(H,10,11). The monoisotopic (exact) mass is 223 g/mol. The zero-order valence-electron chi connectivity index (χ0n) is 8.16. The molecule has 0 spiro atoms. The Kier molecular flexibility index (Phi) is 3.90. The normalized spacial score (nSPS) is 10.2. The Labute approximate surface area is 90.3 Å². The third-order valence-electron chi connectivity index (χ3n) is 1.55. The van der Waals surface area contributed by atoms with Crippen molar-refractivity contribution in [1.82, 2.24) is 0 Å². The van der Waals surface area contributed by atoms with Gasteiger partial charge in [0.2, 0.25) is 5.91 Å². The Morgan fingerprint density at radius 2 is 2.06 bits per heavy atom. The van der Waals surface area contributed by atoms with E-state index in [0.29, 0.717) is 5.69 Å². The first-order chi connectivity index (χ1) is 7.59. The number of anilines is 1. The van der Waals surface area contributed by atoms with E-state index in [1.807, 2.05) is 0 Å². The number of nitrogens with one attached hydrogen (secondary N) is 1. The molecular formula is C8H9N5O3. The van der Waals surface area contributed by atoms with Crippen LogP contribution in [-0.4, -0.2) is 17.4 Å². The van der Waals surface area contributed by atoms with Gasteiger partial charge in [0.05, 0.1) is 10.6 Å². The highest BCUT2D eigenvalue weighted by molar-refractivity contribution is 5.75. The summed E-state index contributed by atoms with van der Waals surface area (Å²) in [6.07, 6.45) is 0. The molecule has 0 bridgehead atoms. The molecule has 0 unspecified atom stereocenters. The summed E-state index contributed by atoms with van der Waals surface area (Å²) < 4.78 is 0. The molecule has 0 heterocycles. The van der Waals surface area contributed by atoms with Crippen molar-refractivity contribution in [2.45, 2.75) is 0 Å². The number of non-ortho nitro benzene ring substituents is 1. The van der Waals surface area contributed by atoms with Gasteiger partial charge in [-0.3, -0.25) is 20.3 Å². The van der Waals surface area contributed by atoms with Crippen molar-refractivity contribution in [1.29, 1.82) is 0 Å². The quantitative estimate of drug-likeness (QED) is 0.436. The lowest BCUT2D eigenvalue weighted by atomic mass is 10.3. The van der Waals surface area contributed by atoms with Gasteiger partial charge in [0.15, 0.2) is 0 Å². The molecule has 16 heavy (non-hydrogen) atoms. The van der Waals surface area contributed by atoms with E-state index in [-0.39, 0.29) is 12.2 Å². The predicted molar refractivity (Wildman–Crippen MR) is 55.6 cm³/mol. The Morgan fingerprint density at radius 3 is 2.56 bits per heavy atom. The van der Waals surface area contributed by atoms with Gasteiger partial charge in [-0.1, -0.05) is 5.22 Å². The number of benzene rings is 1. The molecule has 0 saturated heterocycles. The molecule has 0 aliphatic rings. The molecule has 1 amide bonds. The van der Waals surface area contributed by atoms with E-state index >= 15 is 0 Å². The first-order valence-electron chi connectivity index (χ1n) is 4.25. The highest BCUT2D eigenvalue weighted by Crippen LogP contribution is 2.15. The highest BCUT2D eigenvalue weighted by atomic mass is 16.6. The number of nitro benzene ring substituents is 1. The molecule has 1 aromatic carbocycles. The maximum atomic E-state index is 10.3. The summed E-state index contributed by atoms with van der Waals surface area (Å²) in [5.74, 6) is -0.589. The zero-order chi connectivity index (χ0) is 12.0. The second-order valence-electron chi connectivity index (χ2n) is 2.78. The first kappa shape index (κ1) is 11.6. The van der Waals surface area contributed by atoms with Gasteiger partial charge < -0.3 is 5.73 Å². The zero-order valence-corrected chi connectivity index (χ0v) is 8.16. The summed E-state index contributed by atoms with van der Waals surface area (Å²) in [4.78, 5) is 20.1. The highest BCUT2D eigenvalue weighted by Gasteiger charge is 2.02. The molecule has 0 aliphatic heterocycles. The molecule has 1 rings (SSSR count). The van der Waals surface area contributed by atoms with Crippen LogP contribution in [0.25, 0.3) is 0 Å². The van der Waals surface area contributed by atoms with E-state index < -0.39 is 10.8 Å². The molecule has 0 fully saturated rings. The molecule has 84 valence electrons. The number of rotatable bonds is 5. The van der Waals surface area contributed by atoms with Crippen molar-refractivity contribution >= 4 is 17.3 Å². The molecule has 0 radical (unpaired) electrons. The van der Waals surface area contributed by atoms with Gasteiger partial charge >= 0.3 is 0 Å². The van der Waals surface area contributed by atoms with E-state index in [1.54, 1.807) is 0 Å². The number of nitrogens with two attached hydrogens (primary N) is 1. The minimum atomic E-state index is -0.589. The van der Waals surface area contributed by atoms with E-state index in [9.17, 15) is 14.9 Å².